The van der Waals surface area contributed by atoms with Crippen LogP contribution >= 0.6 is 11.6 Å². The first-order valence-electron chi connectivity index (χ1n) is 7.37. The quantitative estimate of drug-likeness (QED) is 0.913. The van der Waals surface area contributed by atoms with E-state index in [4.69, 9.17) is 11.6 Å². The van der Waals surface area contributed by atoms with Crippen molar-refractivity contribution in [2.24, 2.45) is 0 Å². The van der Waals surface area contributed by atoms with E-state index in [0.29, 0.717) is 17.5 Å². The molecule has 0 radical (unpaired) electrons. The van der Waals surface area contributed by atoms with Gasteiger partial charge in [-0.15, -0.1) is 0 Å². The summed E-state index contributed by atoms with van der Waals surface area (Å²) in [5.41, 5.74) is 2.16. The molecule has 1 aromatic carbocycles. The van der Waals surface area contributed by atoms with Gasteiger partial charge in [-0.2, -0.15) is 5.10 Å². The van der Waals surface area contributed by atoms with E-state index in [0.717, 1.165) is 31.5 Å². The molecular formula is C16H20ClN3O. The summed E-state index contributed by atoms with van der Waals surface area (Å²) < 4.78 is 0. The number of aliphatic hydroxyl groups excluding tert-OH is 1. The molecule has 1 aromatic heterocycles. The lowest BCUT2D eigenvalue weighted by Gasteiger charge is -2.32. The second-order valence-electron chi connectivity index (χ2n) is 5.65. The lowest BCUT2D eigenvalue weighted by Crippen LogP contribution is -2.36. The van der Waals surface area contributed by atoms with Gasteiger partial charge in [0, 0.05) is 29.4 Å². The van der Waals surface area contributed by atoms with Gasteiger partial charge in [0.1, 0.15) is 0 Å². The van der Waals surface area contributed by atoms with Gasteiger partial charge >= 0.3 is 0 Å². The monoisotopic (exact) mass is 305 g/mol. The number of aliphatic hydroxyl groups is 1. The minimum Gasteiger partial charge on any atom is -0.387 e. The van der Waals surface area contributed by atoms with Gasteiger partial charge in [0.2, 0.25) is 0 Å². The summed E-state index contributed by atoms with van der Waals surface area (Å²) in [5, 5.41) is 18.1. The molecule has 0 bridgehead atoms. The average Bonchev–Trinajstić information content (AvgIpc) is 3.03. The molecule has 1 aliphatic rings. The number of piperidine rings is 1. The van der Waals surface area contributed by atoms with Gasteiger partial charge in [-0.05, 0) is 49.7 Å². The molecule has 1 saturated heterocycles. The number of aromatic amines is 1. The molecule has 0 saturated carbocycles. The third-order valence-electron chi connectivity index (χ3n) is 4.24. The van der Waals surface area contributed by atoms with Crippen LogP contribution in [-0.4, -0.2) is 39.8 Å². The number of likely N-dealkylation sites (tertiary alicyclic amines) is 1. The second kappa shape index (κ2) is 6.60. The van der Waals surface area contributed by atoms with Gasteiger partial charge in [-0.1, -0.05) is 23.7 Å². The summed E-state index contributed by atoms with van der Waals surface area (Å²) in [6, 6.07) is 9.49. The molecule has 0 amide bonds. The van der Waals surface area contributed by atoms with Crippen LogP contribution in [0.1, 0.15) is 36.1 Å². The Balaban J connectivity index is 1.52. The van der Waals surface area contributed by atoms with Gasteiger partial charge in [-0.3, -0.25) is 5.10 Å². The number of H-pyrrole nitrogens is 1. The van der Waals surface area contributed by atoms with E-state index in [9.17, 15) is 5.11 Å². The van der Waals surface area contributed by atoms with Crippen molar-refractivity contribution in [1.29, 1.82) is 0 Å². The fraction of sp³-hybridized carbons (Fsp3) is 0.438. The number of aromatic nitrogens is 2. The molecule has 2 heterocycles. The van der Waals surface area contributed by atoms with Crippen molar-refractivity contribution in [3.8, 4) is 0 Å². The number of benzene rings is 1. The number of rotatable bonds is 4. The summed E-state index contributed by atoms with van der Waals surface area (Å²) in [6.07, 6.45) is 3.57. The molecule has 3 rings (SSSR count). The van der Waals surface area contributed by atoms with Crippen LogP contribution in [0.4, 0.5) is 0 Å². The number of halogens is 1. The molecule has 112 valence electrons. The highest BCUT2D eigenvalue weighted by Gasteiger charge is 2.23. The summed E-state index contributed by atoms with van der Waals surface area (Å²) >= 11 is 5.87. The van der Waals surface area contributed by atoms with Crippen LogP contribution in [0.25, 0.3) is 0 Å². The van der Waals surface area contributed by atoms with Crippen LogP contribution in [0.5, 0.6) is 0 Å². The SMILES string of the molecule is O[C@@H](CN1CCC(c2ccn[nH]2)CC1)c1ccc(Cl)cc1. The van der Waals surface area contributed by atoms with Crippen LogP contribution in [0.3, 0.4) is 0 Å². The van der Waals surface area contributed by atoms with Gasteiger partial charge in [0.15, 0.2) is 0 Å². The fourth-order valence-electron chi connectivity index (χ4n) is 2.96. The maximum Gasteiger partial charge on any atom is 0.0916 e. The van der Waals surface area contributed by atoms with Crippen molar-refractivity contribution < 1.29 is 5.11 Å². The zero-order valence-corrected chi connectivity index (χ0v) is 12.6. The first kappa shape index (κ1) is 14.6. The van der Waals surface area contributed by atoms with Crippen molar-refractivity contribution in [1.82, 2.24) is 15.1 Å². The van der Waals surface area contributed by atoms with E-state index in [-0.39, 0.29) is 0 Å². The van der Waals surface area contributed by atoms with Crippen LogP contribution in [0.15, 0.2) is 36.5 Å². The van der Waals surface area contributed by atoms with Crippen molar-refractivity contribution in [3.05, 3.63) is 52.8 Å². The van der Waals surface area contributed by atoms with E-state index < -0.39 is 6.10 Å². The molecule has 1 fully saturated rings. The average molecular weight is 306 g/mol. The summed E-state index contributed by atoms with van der Waals surface area (Å²) in [7, 11) is 0. The molecular weight excluding hydrogens is 286 g/mol. The molecule has 1 atom stereocenters. The van der Waals surface area contributed by atoms with E-state index in [1.165, 1.54) is 5.69 Å². The van der Waals surface area contributed by atoms with Crippen molar-refractivity contribution in [2.45, 2.75) is 24.9 Å². The lowest BCUT2D eigenvalue weighted by atomic mass is 9.93. The molecule has 0 unspecified atom stereocenters. The summed E-state index contributed by atoms with van der Waals surface area (Å²) in [5.74, 6) is 0.566. The van der Waals surface area contributed by atoms with E-state index in [1.54, 1.807) is 0 Å². The van der Waals surface area contributed by atoms with Gasteiger partial charge < -0.3 is 10.0 Å². The second-order valence-corrected chi connectivity index (χ2v) is 6.09. The summed E-state index contributed by atoms with van der Waals surface area (Å²) in [6.45, 7) is 2.69. The fourth-order valence-corrected chi connectivity index (χ4v) is 3.08. The molecule has 5 heteroatoms. The van der Waals surface area contributed by atoms with Gasteiger partial charge in [0.25, 0.3) is 0 Å². The first-order valence-corrected chi connectivity index (χ1v) is 7.75. The van der Waals surface area contributed by atoms with E-state index >= 15 is 0 Å². The molecule has 2 aromatic rings. The molecule has 0 aliphatic carbocycles. The molecule has 4 nitrogen and oxygen atoms in total. The van der Waals surface area contributed by atoms with Crippen molar-refractivity contribution in [3.63, 3.8) is 0 Å². The Labute approximate surface area is 129 Å². The van der Waals surface area contributed by atoms with Crippen molar-refractivity contribution in [2.75, 3.05) is 19.6 Å². The smallest absolute Gasteiger partial charge is 0.0916 e. The van der Waals surface area contributed by atoms with E-state index in [2.05, 4.69) is 21.2 Å². The van der Waals surface area contributed by atoms with Crippen molar-refractivity contribution >= 4 is 11.6 Å². The van der Waals surface area contributed by atoms with Crippen LogP contribution in [-0.2, 0) is 0 Å². The Hall–Kier alpha value is -1.36. The Morgan fingerprint density at radius 2 is 1.95 bits per heavy atom. The van der Waals surface area contributed by atoms with Crippen LogP contribution in [0.2, 0.25) is 5.02 Å². The van der Waals surface area contributed by atoms with Gasteiger partial charge in [-0.25, -0.2) is 0 Å². The maximum atomic E-state index is 10.3. The topological polar surface area (TPSA) is 52.1 Å². The Morgan fingerprint density at radius 1 is 1.24 bits per heavy atom. The predicted octanol–water partition coefficient (Wildman–Crippen LogP) is 2.98. The normalized spacial score (nSPS) is 18.8. The van der Waals surface area contributed by atoms with Crippen LogP contribution < -0.4 is 0 Å². The lowest BCUT2D eigenvalue weighted by molar-refractivity contribution is 0.0969. The molecule has 21 heavy (non-hydrogen) atoms. The highest BCUT2D eigenvalue weighted by Crippen LogP contribution is 2.27. The third-order valence-corrected chi connectivity index (χ3v) is 4.49. The van der Waals surface area contributed by atoms with Gasteiger partial charge in [0.05, 0.1) is 6.10 Å². The zero-order valence-electron chi connectivity index (χ0n) is 11.9. The zero-order chi connectivity index (χ0) is 14.7. The Kier molecular flexibility index (Phi) is 4.58. The number of hydrogen-bond acceptors (Lipinski definition) is 3. The number of nitrogens with one attached hydrogen (secondary N) is 1. The Morgan fingerprint density at radius 3 is 2.57 bits per heavy atom. The number of hydrogen-bond donors (Lipinski definition) is 2. The van der Waals surface area contributed by atoms with E-state index in [1.807, 2.05) is 30.5 Å². The first-order chi connectivity index (χ1) is 10.2. The highest BCUT2D eigenvalue weighted by atomic mass is 35.5. The summed E-state index contributed by atoms with van der Waals surface area (Å²) in [4.78, 5) is 2.33. The minimum absolute atomic E-state index is 0.453. The molecule has 1 aliphatic heterocycles. The minimum atomic E-state index is -0.453. The number of nitrogens with zero attached hydrogens (tertiary/aromatic N) is 2. The predicted molar refractivity (Wildman–Crippen MR) is 83.4 cm³/mol. The maximum absolute atomic E-state index is 10.3. The Bertz CT molecular complexity index is 547. The largest absolute Gasteiger partial charge is 0.387 e. The molecule has 0 spiro atoms. The highest BCUT2D eigenvalue weighted by molar-refractivity contribution is 6.30. The molecule has 2 N–H and O–H groups in total. The van der Waals surface area contributed by atoms with Crippen LogP contribution in [0, 0.1) is 0 Å². The third kappa shape index (κ3) is 3.64. The number of β-amino-alcohol motifs (C(OH)–C–C–N with tert-alkyl or cyclic N) is 1. The standard InChI is InChI=1S/C16H20ClN3O/c17-14-3-1-13(2-4-14)16(21)11-20-9-6-12(7-10-20)15-5-8-18-19-15/h1-5,8,12,16,21H,6-7,9-11H2,(H,18,19)/t16-/m0/s1.